The summed E-state index contributed by atoms with van der Waals surface area (Å²) in [6, 6.07) is 4.70. The minimum Gasteiger partial charge on any atom is -0.493 e. The van der Waals surface area contributed by atoms with E-state index < -0.39 is 14.0 Å². The number of rotatable bonds is 8. The lowest BCUT2D eigenvalue weighted by atomic mass is 10.1. The quantitative estimate of drug-likeness (QED) is 0.726. The number of carboxylic acids is 1. The molecule has 1 aliphatic rings. The van der Waals surface area contributed by atoms with Crippen LogP contribution in [0.15, 0.2) is 12.1 Å². The van der Waals surface area contributed by atoms with Gasteiger partial charge in [0, 0.05) is 19.0 Å². The van der Waals surface area contributed by atoms with E-state index in [0.29, 0.717) is 30.0 Å². The van der Waals surface area contributed by atoms with Crippen molar-refractivity contribution in [3.8, 4) is 5.75 Å². The molecule has 1 fully saturated rings. The Bertz CT molecular complexity index is 790. The van der Waals surface area contributed by atoms with Gasteiger partial charge in [-0.1, -0.05) is 24.5 Å². The van der Waals surface area contributed by atoms with Gasteiger partial charge in [-0.2, -0.15) is 0 Å². The molecule has 3 rings (SSSR count). The molecule has 6 nitrogen and oxygen atoms in total. The lowest BCUT2D eigenvalue weighted by Gasteiger charge is -2.15. The Morgan fingerprint density at radius 3 is 2.68 bits per heavy atom. The zero-order chi connectivity index (χ0) is 18.2. The zero-order valence-corrected chi connectivity index (χ0v) is 16.3. The number of aromatic nitrogens is 2. The fourth-order valence-electron chi connectivity index (χ4n) is 2.67. The molecule has 0 atom stereocenters. The van der Waals surface area contributed by atoms with Gasteiger partial charge in [-0.3, -0.25) is 0 Å². The summed E-state index contributed by atoms with van der Waals surface area (Å²) >= 11 is 0. The maximum atomic E-state index is 11.6. The van der Waals surface area contributed by atoms with Crippen LogP contribution in [0.5, 0.6) is 5.75 Å². The van der Waals surface area contributed by atoms with Crippen LogP contribution in [-0.2, 0) is 0 Å². The maximum Gasteiger partial charge on any atom is 0.357 e. The normalized spacial score (nSPS) is 14.7. The molecular formula is C18H26N2O4Si. The Kier molecular flexibility index (Phi) is 4.77. The van der Waals surface area contributed by atoms with Crippen molar-refractivity contribution in [1.82, 2.24) is 9.94 Å². The molecule has 0 spiro atoms. The first kappa shape index (κ1) is 17.8. The fraction of sp³-hybridized carbons (Fsp3) is 0.556. The van der Waals surface area contributed by atoms with Gasteiger partial charge in [-0.25, -0.2) is 4.79 Å². The van der Waals surface area contributed by atoms with Crippen molar-refractivity contribution in [2.24, 2.45) is 5.92 Å². The van der Waals surface area contributed by atoms with Crippen LogP contribution in [0.3, 0.4) is 0 Å². The third-order valence-corrected chi connectivity index (χ3v) is 6.17. The number of benzene rings is 1. The molecule has 1 N–H and O–H groups in total. The SMILES string of the molecule is Cc1c(OCC2CC2)ccc2c1c(C(=O)O)nn2OCC[Si](C)(C)C. The van der Waals surface area contributed by atoms with Gasteiger partial charge in [0.05, 0.1) is 6.61 Å². The second kappa shape index (κ2) is 6.71. The highest BCUT2D eigenvalue weighted by Gasteiger charge is 2.24. The van der Waals surface area contributed by atoms with Crippen molar-refractivity contribution < 1.29 is 19.5 Å². The Labute approximate surface area is 148 Å². The van der Waals surface area contributed by atoms with E-state index in [1.165, 1.54) is 17.7 Å². The van der Waals surface area contributed by atoms with Gasteiger partial charge >= 0.3 is 5.97 Å². The first-order valence-corrected chi connectivity index (χ1v) is 12.5. The van der Waals surface area contributed by atoms with Crippen molar-refractivity contribution in [3.05, 3.63) is 23.4 Å². The van der Waals surface area contributed by atoms with Crippen LogP contribution in [0, 0.1) is 12.8 Å². The molecular weight excluding hydrogens is 336 g/mol. The first-order valence-electron chi connectivity index (χ1n) is 8.78. The van der Waals surface area contributed by atoms with E-state index in [4.69, 9.17) is 9.57 Å². The summed E-state index contributed by atoms with van der Waals surface area (Å²) < 4.78 is 5.87. The van der Waals surface area contributed by atoms with Crippen molar-refractivity contribution in [2.75, 3.05) is 13.2 Å². The Balaban J connectivity index is 1.90. The zero-order valence-electron chi connectivity index (χ0n) is 15.3. The fourth-order valence-corrected chi connectivity index (χ4v) is 3.37. The summed E-state index contributed by atoms with van der Waals surface area (Å²) in [5, 5.41) is 14.3. The predicted octanol–water partition coefficient (Wildman–Crippen LogP) is 3.60. The number of carboxylic acid groups (broad SMARTS) is 1. The number of carbonyl (C=O) groups is 1. The number of nitrogens with zero attached hydrogens (tertiary/aromatic N) is 2. The monoisotopic (exact) mass is 362 g/mol. The topological polar surface area (TPSA) is 73.6 Å². The summed E-state index contributed by atoms with van der Waals surface area (Å²) in [6.07, 6.45) is 2.43. The van der Waals surface area contributed by atoms with Crippen molar-refractivity contribution in [2.45, 2.75) is 45.5 Å². The summed E-state index contributed by atoms with van der Waals surface area (Å²) in [6.45, 7) is 9.92. The van der Waals surface area contributed by atoms with E-state index in [1.54, 1.807) is 0 Å². The summed E-state index contributed by atoms with van der Waals surface area (Å²) in [4.78, 5) is 18.8. The molecule has 0 bridgehead atoms. The minimum atomic E-state index is -1.23. The highest BCUT2D eigenvalue weighted by atomic mass is 28.3. The molecule has 1 aromatic heterocycles. The van der Waals surface area contributed by atoms with Crippen LogP contribution in [0.4, 0.5) is 0 Å². The Hall–Kier alpha value is -2.02. The van der Waals surface area contributed by atoms with E-state index in [1.807, 2.05) is 19.1 Å². The number of ether oxygens (including phenoxy) is 1. The van der Waals surface area contributed by atoms with E-state index >= 15 is 0 Å². The lowest BCUT2D eigenvalue weighted by molar-refractivity contribution is 0.0668. The lowest BCUT2D eigenvalue weighted by Crippen LogP contribution is -2.25. The molecule has 1 aromatic carbocycles. The largest absolute Gasteiger partial charge is 0.493 e. The van der Waals surface area contributed by atoms with Crippen LogP contribution in [0.1, 0.15) is 28.9 Å². The second-order valence-corrected chi connectivity index (χ2v) is 13.6. The third kappa shape index (κ3) is 4.15. The van der Waals surface area contributed by atoms with Gasteiger partial charge in [0.2, 0.25) is 0 Å². The molecule has 2 aromatic rings. The van der Waals surface area contributed by atoms with Crippen LogP contribution in [0.2, 0.25) is 25.7 Å². The second-order valence-electron chi connectivity index (χ2n) is 8.01. The number of aromatic carboxylic acids is 1. The minimum absolute atomic E-state index is 0.0115. The first-order chi connectivity index (χ1) is 11.8. The molecule has 1 aliphatic carbocycles. The van der Waals surface area contributed by atoms with Crippen LogP contribution < -0.4 is 9.57 Å². The molecule has 0 radical (unpaired) electrons. The number of hydrogen-bond acceptors (Lipinski definition) is 4. The Morgan fingerprint density at radius 2 is 2.08 bits per heavy atom. The van der Waals surface area contributed by atoms with E-state index in [0.717, 1.165) is 17.4 Å². The molecule has 0 unspecified atom stereocenters. The summed E-state index contributed by atoms with van der Waals surface area (Å²) in [7, 11) is -1.23. The average molecular weight is 363 g/mol. The van der Waals surface area contributed by atoms with Crippen LogP contribution in [-0.4, -0.2) is 42.3 Å². The van der Waals surface area contributed by atoms with E-state index in [-0.39, 0.29) is 5.69 Å². The highest BCUT2D eigenvalue weighted by molar-refractivity contribution is 6.76. The number of fused-ring (bicyclic) bond motifs is 1. The van der Waals surface area contributed by atoms with Gasteiger partial charge in [-0.15, -0.1) is 5.10 Å². The van der Waals surface area contributed by atoms with Gasteiger partial charge < -0.3 is 14.7 Å². The smallest absolute Gasteiger partial charge is 0.357 e. The third-order valence-electron chi connectivity index (χ3n) is 4.47. The van der Waals surface area contributed by atoms with E-state index in [9.17, 15) is 9.90 Å². The molecule has 0 aliphatic heterocycles. The molecule has 1 heterocycles. The van der Waals surface area contributed by atoms with Crippen LogP contribution >= 0.6 is 0 Å². The molecule has 1 saturated carbocycles. The highest BCUT2D eigenvalue weighted by Crippen LogP contribution is 2.33. The predicted molar refractivity (Wildman–Crippen MR) is 99.2 cm³/mol. The maximum absolute atomic E-state index is 11.6. The number of aryl methyl sites for hydroxylation is 1. The molecule has 7 heteroatoms. The van der Waals surface area contributed by atoms with E-state index in [2.05, 4.69) is 24.7 Å². The van der Waals surface area contributed by atoms with Gasteiger partial charge in [0.1, 0.15) is 17.9 Å². The molecule has 25 heavy (non-hydrogen) atoms. The van der Waals surface area contributed by atoms with Gasteiger partial charge in [-0.05, 0) is 43.9 Å². The van der Waals surface area contributed by atoms with Crippen molar-refractivity contribution in [1.29, 1.82) is 0 Å². The molecule has 0 saturated heterocycles. The number of hydrogen-bond donors (Lipinski definition) is 1. The van der Waals surface area contributed by atoms with Gasteiger partial charge in [0.15, 0.2) is 5.69 Å². The molecule has 0 amide bonds. The molecule has 136 valence electrons. The van der Waals surface area contributed by atoms with Crippen molar-refractivity contribution in [3.63, 3.8) is 0 Å². The van der Waals surface area contributed by atoms with Gasteiger partial charge in [0.25, 0.3) is 0 Å². The van der Waals surface area contributed by atoms with Crippen LogP contribution in [0.25, 0.3) is 10.9 Å². The average Bonchev–Trinajstić information content (AvgIpc) is 3.26. The Morgan fingerprint density at radius 1 is 1.36 bits per heavy atom. The van der Waals surface area contributed by atoms with Crippen molar-refractivity contribution >= 4 is 24.9 Å². The summed E-state index contributed by atoms with van der Waals surface area (Å²) in [5.41, 5.74) is 1.48. The standard InChI is InChI=1S/C18H26N2O4Si/c1-12-15(23-11-13-5-6-13)8-7-14-16(12)17(18(21)22)19-20(14)24-9-10-25(2,3)4/h7-8,13H,5-6,9-11H2,1-4H3,(H,21,22). The summed E-state index contributed by atoms with van der Waals surface area (Å²) in [5.74, 6) is 0.310.